The Hall–Kier alpha value is -0.790. The van der Waals surface area contributed by atoms with Crippen LogP contribution >= 0.6 is 0 Å². The smallest absolute Gasteiger partial charge is 0.109 e. The second-order valence-electron chi connectivity index (χ2n) is 3.92. The van der Waals surface area contributed by atoms with Gasteiger partial charge in [-0.1, -0.05) is 13.3 Å². The molecule has 0 radical (unpaired) electrons. The van der Waals surface area contributed by atoms with E-state index in [-0.39, 0.29) is 0 Å². The molecule has 0 unspecified atom stereocenters. The van der Waals surface area contributed by atoms with E-state index in [0.717, 1.165) is 0 Å². The van der Waals surface area contributed by atoms with Crippen LogP contribution in [-0.2, 0) is 19.4 Å². The Balaban J connectivity index is 2.36. The molecule has 2 rings (SSSR count). The standard InChI is InChI=1S/C11H18N2/c1-3-6-10-9(2)12-11-7-4-5-8-13(10)11/h3-8H2,1-2H3. The SMILES string of the molecule is CCCc1c(C)nc2n1CCCC2. The van der Waals surface area contributed by atoms with Crippen molar-refractivity contribution < 1.29 is 0 Å². The minimum atomic E-state index is 1.19. The van der Waals surface area contributed by atoms with Crippen LogP contribution in [-0.4, -0.2) is 9.55 Å². The maximum absolute atomic E-state index is 4.63. The van der Waals surface area contributed by atoms with Gasteiger partial charge in [0.05, 0.1) is 5.69 Å². The maximum atomic E-state index is 4.63. The van der Waals surface area contributed by atoms with Gasteiger partial charge in [0.2, 0.25) is 0 Å². The van der Waals surface area contributed by atoms with E-state index >= 15 is 0 Å². The van der Waals surface area contributed by atoms with E-state index in [4.69, 9.17) is 0 Å². The van der Waals surface area contributed by atoms with Gasteiger partial charge in [-0.05, 0) is 26.2 Å². The lowest BCUT2D eigenvalue weighted by Gasteiger charge is -2.16. The van der Waals surface area contributed by atoms with Crippen LogP contribution in [0, 0.1) is 6.92 Å². The number of imidazole rings is 1. The highest BCUT2D eigenvalue weighted by molar-refractivity contribution is 5.17. The van der Waals surface area contributed by atoms with Crippen molar-refractivity contribution in [1.82, 2.24) is 9.55 Å². The molecule has 0 atom stereocenters. The summed E-state index contributed by atoms with van der Waals surface area (Å²) in [5.74, 6) is 1.33. The van der Waals surface area contributed by atoms with E-state index < -0.39 is 0 Å². The van der Waals surface area contributed by atoms with Crippen LogP contribution in [0.2, 0.25) is 0 Å². The van der Waals surface area contributed by atoms with Crippen LogP contribution in [0.5, 0.6) is 0 Å². The highest BCUT2D eigenvalue weighted by Gasteiger charge is 2.15. The predicted octanol–water partition coefficient (Wildman–Crippen LogP) is 2.48. The zero-order valence-electron chi connectivity index (χ0n) is 8.64. The van der Waals surface area contributed by atoms with Crippen molar-refractivity contribution in [1.29, 1.82) is 0 Å². The summed E-state index contributed by atoms with van der Waals surface area (Å²) in [5, 5.41) is 0. The van der Waals surface area contributed by atoms with E-state index in [1.807, 2.05) is 0 Å². The van der Waals surface area contributed by atoms with Crippen molar-refractivity contribution in [2.45, 2.75) is 52.5 Å². The highest BCUT2D eigenvalue weighted by atomic mass is 15.1. The average Bonchev–Trinajstić information content (AvgIpc) is 2.44. The monoisotopic (exact) mass is 178 g/mol. The van der Waals surface area contributed by atoms with Gasteiger partial charge >= 0.3 is 0 Å². The Morgan fingerprint density at radius 3 is 3.00 bits per heavy atom. The molecule has 2 heterocycles. The Morgan fingerprint density at radius 1 is 1.38 bits per heavy atom. The summed E-state index contributed by atoms with van der Waals surface area (Å²) in [6.07, 6.45) is 6.26. The fourth-order valence-electron chi connectivity index (χ4n) is 2.23. The van der Waals surface area contributed by atoms with Gasteiger partial charge in [-0.25, -0.2) is 4.98 Å². The van der Waals surface area contributed by atoms with Crippen molar-refractivity contribution in [3.8, 4) is 0 Å². The molecular weight excluding hydrogens is 160 g/mol. The zero-order valence-corrected chi connectivity index (χ0v) is 8.64. The number of rotatable bonds is 2. The summed E-state index contributed by atoms with van der Waals surface area (Å²) in [6.45, 7) is 5.59. The quantitative estimate of drug-likeness (QED) is 0.680. The van der Waals surface area contributed by atoms with E-state index in [2.05, 4.69) is 23.4 Å². The van der Waals surface area contributed by atoms with E-state index in [0.29, 0.717) is 0 Å². The van der Waals surface area contributed by atoms with Gasteiger partial charge in [-0.15, -0.1) is 0 Å². The summed E-state index contributed by atoms with van der Waals surface area (Å²) >= 11 is 0. The first-order valence-electron chi connectivity index (χ1n) is 5.37. The van der Waals surface area contributed by atoms with Gasteiger partial charge in [0.15, 0.2) is 0 Å². The van der Waals surface area contributed by atoms with E-state index in [9.17, 15) is 0 Å². The third-order valence-corrected chi connectivity index (χ3v) is 2.87. The molecule has 0 spiro atoms. The number of nitrogens with zero attached hydrogens (tertiary/aromatic N) is 2. The molecule has 0 aromatic carbocycles. The summed E-state index contributed by atoms with van der Waals surface area (Å²) in [5.41, 5.74) is 2.75. The Labute approximate surface area is 80.0 Å². The Bertz CT molecular complexity index is 299. The molecule has 1 aromatic rings. The van der Waals surface area contributed by atoms with Crippen molar-refractivity contribution in [3.05, 3.63) is 17.2 Å². The fraction of sp³-hybridized carbons (Fsp3) is 0.727. The first-order chi connectivity index (χ1) is 6.33. The van der Waals surface area contributed by atoms with Gasteiger partial charge in [0.1, 0.15) is 5.82 Å². The van der Waals surface area contributed by atoms with Crippen molar-refractivity contribution >= 4 is 0 Å². The molecule has 0 N–H and O–H groups in total. The summed E-state index contributed by atoms with van der Waals surface area (Å²) < 4.78 is 2.45. The van der Waals surface area contributed by atoms with Crippen LogP contribution in [0.25, 0.3) is 0 Å². The van der Waals surface area contributed by atoms with Crippen LogP contribution in [0.4, 0.5) is 0 Å². The molecule has 0 saturated heterocycles. The molecule has 0 fully saturated rings. The highest BCUT2D eigenvalue weighted by Crippen LogP contribution is 2.20. The van der Waals surface area contributed by atoms with Crippen LogP contribution in [0.15, 0.2) is 0 Å². The Kier molecular flexibility index (Phi) is 2.38. The summed E-state index contributed by atoms with van der Waals surface area (Å²) in [6, 6.07) is 0. The van der Waals surface area contributed by atoms with E-state index in [1.54, 1.807) is 0 Å². The van der Waals surface area contributed by atoms with E-state index in [1.165, 1.54) is 55.9 Å². The minimum absolute atomic E-state index is 1.19. The molecule has 0 saturated carbocycles. The predicted molar refractivity (Wildman–Crippen MR) is 53.9 cm³/mol. The number of aryl methyl sites for hydroxylation is 2. The molecule has 72 valence electrons. The average molecular weight is 178 g/mol. The fourth-order valence-corrected chi connectivity index (χ4v) is 2.23. The molecule has 1 aromatic heterocycles. The van der Waals surface area contributed by atoms with Crippen LogP contribution in [0.1, 0.15) is 43.4 Å². The molecule has 1 aliphatic heterocycles. The molecule has 2 nitrogen and oxygen atoms in total. The minimum Gasteiger partial charge on any atom is -0.332 e. The second-order valence-corrected chi connectivity index (χ2v) is 3.92. The molecule has 2 heteroatoms. The van der Waals surface area contributed by atoms with Crippen molar-refractivity contribution in [2.24, 2.45) is 0 Å². The van der Waals surface area contributed by atoms with Crippen LogP contribution in [0.3, 0.4) is 0 Å². The summed E-state index contributed by atoms with van der Waals surface area (Å²) in [7, 11) is 0. The zero-order chi connectivity index (χ0) is 9.26. The van der Waals surface area contributed by atoms with Crippen molar-refractivity contribution in [2.75, 3.05) is 0 Å². The van der Waals surface area contributed by atoms with Gasteiger partial charge in [-0.2, -0.15) is 0 Å². The molecule has 0 bridgehead atoms. The molecular formula is C11H18N2. The molecule has 0 aliphatic carbocycles. The first-order valence-corrected chi connectivity index (χ1v) is 5.37. The topological polar surface area (TPSA) is 17.8 Å². The first kappa shape index (κ1) is 8.79. The van der Waals surface area contributed by atoms with Crippen molar-refractivity contribution in [3.63, 3.8) is 0 Å². The van der Waals surface area contributed by atoms with Gasteiger partial charge in [-0.3, -0.25) is 0 Å². The lowest BCUT2D eigenvalue weighted by Crippen LogP contribution is -2.12. The normalized spacial score (nSPS) is 15.8. The second kappa shape index (κ2) is 3.52. The maximum Gasteiger partial charge on any atom is 0.109 e. The number of fused-ring (bicyclic) bond motifs is 1. The van der Waals surface area contributed by atoms with Gasteiger partial charge in [0.25, 0.3) is 0 Å². The van der Waals surface area contributed by atoms with Gasteiger partial charge in [0, 0.05) is 18.7 Å². The number of hydrogen-bond acceptors (Lipinski definition) is 1. The lowest BCUT2D eigenvalue weighted by molar-refractivity contribution is 0.507. The Morgan fingerprint density at radius 2 is 2.23 bits per heavy atom. The molecule has 0 amide bonds. The third-order valence-electron chi connectivity index (χ3n) is 2.87. The third kappa shape index (κ3) is 1.50. The number of hydrogen-bond donors (Lipinski definition) is 0. The van der Waals surface area contributed by atoms with Gasteiger partial charge < -0.3 is 4.57 Å². The molecule has 1 aliphatic rings. The summed E-state index contributed by atoms with van der Waals surface area (Å²) in [4.78, 5) is 4.63. The number of aromatic nitrogens is 2. The lowest BCUT2D eigenvalue weighted by atomic mass is 10.1. The molecule has 13 heavy (non-hydrogen) atoms. The largest absolute Gasteiger partial charge is 0.332 e. The van der Waals surface area contributed by atoms with Crippen LogP contribution < -0.4 is 0 Å².